The first-order valence-corrected chi connectivity index (χ1v) is 5.77. The smallest absolute Gasteiger partial charge is 0.305 e. The number of amidine groups is 1. The van der Waals surface area contributed by atoms with E-state index in [1.807, 2.05) is 14.1 Å². The van der Waals surface area contributed by atoms with Gasteiger partial charge in [-0.2, -0.15) is 0 Å². The zero-order chi connectivity index (χ0) is 12.6. The van der Waals surface area contributed by atoms with Gasteiger partial charge in [0.1, 0.15) is 0 Å². The Bertz CT molecular complexity index is 234. The first-order valence-electron chi connectivity index (χ1n) is 5.32. The Morgan fingerprint density at radius 1 is 1.25 bits per heavy atom. The predicted octanol–water partition coefficient (Wildman–Crippen LogP) is 0.969. The molecule has 0 aliphatic carbocycles. The molecule has 0 atom stereocenters. The maximum atomic E-state index is 10.4. The normalized spacial score (nSPS) is 10.5. The Hall–Kier alpha value is -0.750. The van der Waals surface area contributed by atoms with Crippen LogP contribution in [-0.4, -0.2) is 59.8 Å². The van der Waals surface area contributed by atoms with Gasteiger partial charge in [-0.3, -0.25) is 10.2 Å². The Morgan fingerprint density at radius 2 is 1.81 bits per heavy atom. The number of nitrogens with one attached hydrogen (secondary N) is 1. The van der Waals surface area contributed by atoms with Gasteiger partial charge < -0.3 is 14.9 Å². The predicted molar refractivity (Wildman–Crippen MR) is 68.3 cm³/mol. The molecule has 0 heterocycles. The second kappa shape index (κ2) is 8.41. The summed E-state index contributed by atoms with van der Waals surface area (Å²) in [5.74, 6) is -0.840. The van der Waals surface area contributed by atoms with E-state index in [-0.39, 0.29) is 11.6 Å². The van der Waals surface area contributed by atoms with Crippen LogP contribution in [0.4, 0.5) is 0 Å². The molecule has 0 radical (unpaired) electrons. The van der Waals surface area contributed by atoms with Crippen molar-refractivity contribution in [1.29, 1.82) is 5.41 Å². The SMILES string of the molecule is CN(C)CCCCN(CCC(=O)O)C(=N)S. The Balaban J connectivity index is 3.77. The van der Waals surface area contributed by atoms with Gasteiger partial charge in [0.25, 0.3) is 0 Å². The molecule has 5 nitrogen and oxygen atoms in total. The highest BCUT2D eigenvalue weighted by atomic mass is 32.1. The van der Waals surface area contributed by atoms with Gasteiger partial charge in [0.2, 0.25) is 0 Å². The summed E-state index contributed by atoms with van der Waals surface area (Å²) in [5.41, 5.74) is 0. The molecule has 0 aromatic heterocycles. The average Bonchev–Trinajstić information content (AvgIpc) is 2.15. The standard InChI is InChI=1S/C10H21N3O2S/c1-12(2)6-3-4-7-13(10(11)16)8-5-9(14)15/h3-8H2,1-2H3,(H2,11,16)(H,14,15). The highest BCUT2D eigenvalue weighted by molar-refractivity contribution is 7.96. The lowest BCUT2D eigenvalue weighted by Gasteiger charge is -2.21. The number of hydrogen-bond acceptors (Lipinski definition) is 3. The monoisotopic (exact) mass is 247 g/mol. The highest BCUT2D eigenvalue weighted by Crippen LogP contribution is 2.01. The molecule has 0 aromatic rings. The van der Waals surface area contributed by atoms with Crippen LogP contribution < -0.4 is 0 Å². The van der Waals surface area contributed by atoms with Crippen molar-refractivity contribution in [2.24, 2.45) is 0 Å². The van der Waals surface area contributed by atoms with Crippen molar-refractivity contribution in [3.63, 3.8) is 0 Å². The average molecular weight is 247 g/mol. The molecule has 16 heavy (non-hydrogen) atoms. The fraction of sp³-hybridized carbons (Fsp3) is 0.800. The third-order valence-electron chi connectivity index (χ3n) is 2.18. The Labute approximate surface area is 102 Å². The molecule has 0 saturated carbocycles. The molecule has 0 aliphatic heterocycles. The minimum Gasteiger partial charge on any atom is -0.481 e. The summed E-state index contributed by atoms with van der Waals surface area (Å²) in [7, 11) is 4.03. The number of nitrogens with zero attached hydrogens (tertiary/aromatic N) is 2. The quantitative estimate of drug-likeness (QED) is 0.259. The van der Waals surface area contributed by atoms with Crippen LogP contribution in [-0.2, 0) is 4.79 Å². The third-order valence-corrected chi connectivity index (χ3v) is 2.46. The number of hydrogen-bond donors (Lipinski definition) is 3. The maximum absolute atomic E-state index is 10.4. The summed E-state index contributed by atoms with van der Waals surface area (Å²) < 4.78 is 0. The Morgan fingerprint density at radius 3 is 2.25 bits per heavy atom. The zero-order valence-corrected chi connectivity index (χ0v) is 10.8. The minimum atomic E-state index is -0.840. The summed E-state index contributed by atoms with van der Waals surface area (Å²) in [6.07, 6.45) is 2.04. The number of carboxylic acids is 1. The second-order valence-electron chi connectivity index (χ2n) is 3.96. The van der Waals surface area contributed by atoms with E-state index < -0.39 is 5.97 Å². The van der Waals surface area contributed by atoms with Crippen LogP contribution in [0.15, 0.2) is 0 Å². The number of carboxylic acid groups (broad SMARTS) is 1. The number of thiol groups is 1. The molecular formula is C10H21N3O2S. The maximum Gasteiger partial charge on any atom is 0.305 e. The fourth-order valence-electron chi connectivity index (χ4n) is 1.28. The van der Waals surface area contributed by atoms with Gasteiger partial charge in [-0.15, -0.1) is 12.6 Å². The first kappa shape index (κ1) is 15.2. The van der Waals surface area contributed by atoms with Crippen molar-refractivity contribution < 1.29 is 9.90 Å². The van der Waals surface area contributed by atoms with Crippen LogP contribution in [0.25, 0.3) is 0 Å². The molecule has 0 aliphatic rings. The summed E-state index contributed by atoms with van der Waals surface area (Å²) in [4.78, 5) is 14.2. The largest absolute Gasteiger partial charge is 0.481 e. The molecule has 0 bridgehead atoms. The van der Waals surface area contributed by atoms with Crippen LogP contribution in [0, 0.1) is 5.41 Å². The van der Waals surface area contributed by atoms with Crippen molar-refractivity contribution in [1.82, 2.24) is 9.80 Å². The van der Waals surface area contributed by atoms with Crippen LogP contribution in [0.5, 0.6) is 0 Å². The zero-order valence-electron chi connectivity index (χ0n) is 9.94. The van der Waals surface area contributed by atoms with Gasteiger partial charge >= 0.3 is 5.97 Å². The van der Waals surface area contributed by atoms with Crippen molar-refractivity contribution in [3.8, 4) is 0 Å². The van der Waals surface area contributed by atoms with Gasteiger partial charge in [0, 0.05) is 13.1 Å². The van der Waals surface area contributed by atoms with E-state index in [2.05, 4.69) is 17.5 Å². The molecule has 0 spiro atoms. The van der Waals surface area contributed by atoms with Crippen molar-refractivity contribution >= 4 is 23.8 Å². The van der Waals surface area contributed by atoms with Gasteiger partial charge in [0.15, 0.2) is 5.17 Å². The minimum absolute atomic E-state index is 0.0522. The van der Waals surface area contributed by atoms with Crippen LogP contribution in [0.3, 0.4) is 0 Å². The summed E-state index contributed by atoms with van der Waals surface area (Å²) >= 11 is 3.94. The highest BCUT2D eigenvalue weighted by Gasteiger charge is 2.08. The van der Waals surface area contributed by atoms with Gasteiger partial charge in [-0.25, -0.2) is 0 Å². The third kappa shape index (κ3) is 8.55. The van der Waals surface area contributed by atoms with E-state index in [4.69, 9.17) is 10.5 Å². The van der Waals surface area contributed by atoms with E-state index in [1.54, 1.807) is 4.90 Å². The second-order valence-corrected chi connectivity index (χ2v) is 4.39. The van der Waals surface area contributed by atoms with E-state index in [9.17, 15) is 4.79 Å². The summed E-state index contributed by atoms with van der Waals surface area (Å²) in [5, 5.41) is 16.1. The fourth-order valence-corrected chi connectivity index (χ4v) is 1.48. The molecule has 0 fully saturated rings. The Kier molecular flexibility index (Phi) is 8.01. The van der Waals surface area contributed by atoms with Crippen molar-refractivity contribution in [2.75, 3.05) is 33.7 Å². The lowest BCUT2D eigenvalue weighted by molar-refractivity contribution is -0.137. The molecule has 0 saturated heterocycles. The first-order chi connectivity index (χ1) is 7.43. The van der Waals surface area contributed by atoms with Crippen LogP contribution in [0.1, 0.15) is 19.3 Å². The van der Waals surface area contributed by atoms with Gasteiger partial charge in [-0.05, 0) is 33.5 Å². The summed E-state index contributed by atoms with van der Waals surface area (Å²) in [6, 6.07) is 0. The molecule has 2 N–H and O–H groups in total. The molecule has 0 unspecified atom stereocenters. The van der Waals surface area contributed by atoms with Crippen LogP contribution in [0.2, 0.25) is 0 Å². The number of aliphatic carboxylic acids is 1. The topological polar surface area (TPSA) is 67.6 Å². The molecule has 94 valence electrons. The lowest BCUT2D eigenvalue weighted by Crippen LogP contribution is -2.30. The molecular weight excluding hydrogens is 226 g/mol. The van der Waals surface area contributed by atoms with E-state index in [0.29, 0.717) is 13.1 Å². The van der Waals surface area contributed by atoms with E-state index in [1.165, 1.54) is 0 Å². The van der Waals surface area contributed by atoms with Crippen molar-refractivity contribution in [2.45, 2.75) is 19.3 Å². The summed E-state index contributed by atoms with van der Waals surface area (Å²) in [6.45, 7) is 2.07. The number of unbranched alkanes of at least 4 members (excludes halogenated alkanes) is 1. The van der Waals surface area contributed by atoms with Gasteiger partial charge in [0.05, 0.1) is 6.42 Å². The molecule has 0 amide bonds. The van der Waals surface area contributed by atoms with Crippen LogP contribution >= 0.6 is 12.6 Å². The molecule has 0 aromatic carbocycles. The molecule has 6 heteroatoms. The van der Waals surface area contributed by atoms with Crippen molar-refractivity contribution in [3.05, 3.63) is 0 Å². The van der Waals surface area contributed by atoms with Gasteiger partial charge in [-0.1, -0.05) is 0 Å². The van der Waals surface area contributed by atoms with E-state index in [0.717, 1.165) is 19.4 Å². The molecule has 0 rings (SSSR count). The number of carbonyl (C=O) groups is 1. The number of rotatable bonds is 8. The van der Waals surface area contributed by atoms with E-state index >= 15 is 0 Å². The lowest BCUT2D eigenvalue weighted by atomic mass is 10.2.